The first kappa shape index (κ1) is 13.9. The lowest BCUT2D eigenvalue weighted by Crippen LogP contribution is -2.21. The molecule has 5 heteroatoms. The molecule has 1 aliphatic heterocycles. The molecule has 0 amide bonds. The predicted octanol–water partition coefficient (Wildman–Crippen LogP) is 3.83. The number of ether oxygens (including phenoxy) is 1. The molecule has 3 nitrogen and oxygen atoms in total. The maximum absolute atomic E-state index is 6.28. The van der Waals surface area contributed by atoms with Crippen molar-refractivity contribution in [3.63, 3.8) is 0 Å². The molecular formula is C15H17ClN2OS. The van der Waals surface area contributed by atoms with Crippen molar-refractivity contribution < 1.29 is 4.74 Å². The van der Waals surface area contributed by atoms with Gasteiger partial charge in [-0.2, -0.15) is 0 Å². The molecule has 1 aromatic carbocycles. The molecule has 2 atom stereocenters. The van der Waals surface area contributed by atoms with E-state index in [1.54, 1.807) is 11.3 Å². The summed E-state index contributed by atoms with van der Waals surface area (Å²) in [5.74, 6) is 1.36. The predicted molar refractivity (Wildman–Crippen MR) is 82.6 cm³/mol. The summed E-state index contributed by atoms with van der Waals surface area (Å²) in [6.07, 6.45) is 2.98. The van der Waals surface area contributed by atoms with Crippen molar-refractivity contribution in [1.29, 1.82) is 0 Å². The van der Waals surface area contributed by atoms with Crippen molar-refractivity contribution in [3.8, 4) is 5.75 Å². The van der Waals surface area contributed by atoms with Gasteiger partial charge >= 0.3 is 0 Å². The molecule has 2 aromatic rings. The highest BCUT2D eigenvalue weighted by Crippen LogP contribution is 2.34. The SMILES string of the molecule is Cc1cc(Cl)ccc1OC(c1nccs1)[C@H]1CCNC1. The lowest BCUT2D eigenvalue weighted by atomic mass is 10.0. The van der Waals surface area contributed by atoms with Gasteiger partial charge in [-0.3, -0.25) is 0 Å². The second-order valence-electron chi connectivity index (χ2n) is 5.07. The minimum Gasteiger partial charge on any atom is -0.483 e. The van der Waals surface area contributed by atoms with E-state index in [0.29, 0.717) is 5.92 Å². The Hall–Kier alpha value is -1.10. The molecule has 1 N–H and O–H groups in total. The molecule has 1 aliphatic rings. The molecule has 2 heterocycles. The van der Waals surface area contributed by atoms with E-state index in [0.717, 1.165) is 40.9 Å². The number of thiazole rings is 1. The number of halogens is 1. The third-order valence-corrected chi connectivity index (χ3v) is 4.68. The molecule has 1 saturated heterocycles. The number of hydrogen-bond donors (Lipinski definition) is 1. The normalized spacial score (nSPS) is 20.0. The summed E-state index contributed by atoms with van der Waals surface area (Å²) < 4.78 is 6.28. The summed E-state index contributed by atoms with van der Waals surface area (Å²) in [6, 6.07) is 5.75. The molecule has 3 rings (SSSR count). The van der Waals surface area contributed by atoms with Crippen LogP contribution in [-0.2, 0) is 0 Å². The van der Waals surface area contributed by atoms with E-state index in [1.807, 2.05) is 36.7 Å². The Labute approximate surface area is 127 Å². The van der Waals surface area contributed by atoms with Gasteiger partial charge in [0.25, 0.3) is 0 Å². The first-order valence-corrected chi connectivity index (χ1v) is 8.03. The average molecular weight is 309 g/mol. The summed E-state index contributed by atoms with van der Waals surface area (Å²) in [6.45, 7) is 4.05. The average Bonchev–Trinajstić information content (AvgIpc) is 3.11. The minimum atomic E-state index is 0.0184. The van der Waals surface area contributed by atoms with Crippen LogP contribution >= 0.6 is 22.9 Å². The third-order valence-electron chi connectivity index (χ3n) is 3.61. The molecule has 1 fully saturated rings. The molecular weight excluding hydrogens is 292 g/mol. The van der Waals surface area contributed by atoms with Crippen molar-refractivity contribution in [1.82, 2.24) is 10.3 Å². The lowest BCUT2D eigenvalue weighted by Gasteiger charge is -2.23. The first-order valence-electron chi connectivity index (χ1n) is 6.77. The van der Waals surface area contributed by atoms with E-state index in [1.165, 1.54) is 0 Å². The van der Waals surface area contributed by atoms with Crippen LogP contribution < -0.4 is 10.1 Å². The van der Waals surface area contributed by atoms with E-state index in [2.05, 4.69) is 10.3 Å². The molecule has 0 bridgehead atoms. The second kappa shape index (κ2) is 6.12. The molecule has 0 aliphatic carbocycles. The standard InChI is InChI=1S/C15H17ClN2OS/c1-10-8-12(16)2-3-13(10)19-14(11-4-5-17-9-11)15-18-6-7-20-15/h2-3,6-8,11,14,17H,4-5,9H2,1H3/t11-,14?/m0/s1. The van der Waals surface area contributed by atoms with Crippen LogP contribution in [0.4, 0.5) is 0 Å². The van der Waals surface area contributed by atoms with Gasteiger partial charge in [-0.15, -0.1) is 11.3 Å². The molecule has 1 unspecified atom stereocenters. The van der Waals surface area contributed by atoms with Crippen molar-refractivity contribution in [2.75, 3.05) is 13.1 Å². The zero-order chi connectivity index (χ0) is 13.9. The van der Waals surface area contributed by atoms with Crippen LogP contribution in [0.5, 0.6) is 5.75 Å². The van der Waals surface area contributed by atoms with Gasteiger partial charge in [0.2, 0.25) is 0 Å². The van der Waals surface area contributed by atoms with Gasteiger partial charge in [-0.25, -0.2) is 4.98 Å². The molecule has 0 saturated carbocycles. The topological polar surface area (TPSA) is 34.1 Å². The number of rotatable bonds is 4. The van der Waals surface area contributed by atoms with Crippen LogP contribution in [0.15, 0.2) is 29.8 Å². The van der Waals surface area contributed by atoms with Crippen molar-refractivity contribution in [3.05, 3.63) is 45.4 Å². The van der Waals surface area contributed by atoms with Gasteiger partial charge in [0.1, 0.15) is 10.8 Å². The van der Waals surface area contributed by atoms with E-state index in [4.69, 9.17) is 16.3 Å². The Morgan fingerprint density at radius 1 is 1.50 bits per heavy atom. The van der Waals surface area contributed by atoms with Crippen LogP contribution in [0, 0.1) is 12.8 Å². The van der Waals surface area contributed by atoms with Crippen LogP contribution in [0.1, 0.15) is 23.1 Å². The fourth-order valence-electron chi connectivity index (χ4n) is 2.54. The van der Waals surface area contributed by atoms with Gasteiger partial charge < -0.3 is 10.1 Å². The largest absolute Gasteiger partial charge is 0.483 e. The highest BCUT2D eigenvalue weighted by molar-refractivity contribution is 7.09. The monoisotopic (exact) mass is 308 g/mol. The summed E-state index contributed by atoms with van der Waals surface area (Å²) in [7, 11) is 0. The van der Waals surface area contributed by atoms with Crippen molar-refractivity contribution >= 4 is 22.9 Å². The van der Waals surface area contributed by atoms with Gasteiger partial charge in [0, 0.05) is 29.1 Å². The second-order valence-corrected chi connectivity index (χ2v) is 6.43. The summed E-state index contributed by atoms with van der Waals surface area (Å²) in [4.78, 5) is 4.44. The smallest absolute Gasteiger partial charge is 0.154 e. The molecule has 20 heavy (non-hydrogen) atoms. The van der Waals surface area contributed by atoms with E-state index in [9.17, 15) is 0 Å². The number of aryl methyl sites for hydroxylation is 1. The summed E-state index contributed by atoms with van der Waals surface area (Å²) in [5, 5.41) is 7.19. The van der Waals surface area contributed by atoms with E-state index in [-0.39, 0.29) is 6.10 Å². The maximum atomic E-state index is 6.28. The Morgan fingerprint density at radius 2 is 2.40 bits per heavy atom. The first-order chi connectivity index (χ1) is 9.74. The van der Waals surface area contributed by atoms with Crippen LogP contribution in [-0.4, -0.2) is 18.1 Å². The number of aromatic nitrogens is 1. The third kappa shape index (κ3) is 2.97. The van der Waals surface area contributed by atoms with Gasteiger partial charge in [0.15, 0.2) is 6.10 Å². The van der Waals surface area contributed by atoms with Crippen molar-refractivity contribution in [2.45, 2.75) is 19.4 Å². The van der Waals surface area contributed by atoms with Crippen molar-refractivity contribution in [2.24, 2.45) is 5.92 Å². The van der Waals surface area contributed by atoms with Crippen LogP contribution in [0.2, 0.25) is 5.02 Å². The molecule has 106 valence electrons. The Balaban J connectivity index is 1.86. The lowest BCUT2D eigenvalue weighted by molar-refractivity contribution is 0.143. The Bertz CT molecular complexity index is 567. The number of nitrogens with one attached hydrogen (secondary N) is 1. The summed E-state index contributed by atoms with van der Waals surface area (Å²) in [5.41, 5.74) is 1.06. The van der Waals surface area contributed by atoms with Gasteiger partial charge in [-0.05, 0) is 43.7 Å². The number of benzene rings is 1. The highest BCUT2D eigenvalue weighted by atomic mass is 35.5. The fraction of sp³-hybridized carbons (Fsp3) is 0.400. The fourth-order valence-corrected chi connectivity index (χ4v) is 3.52. The van der Waals surface area contributed by atoms with Gasteiger partial charge in [-0.1, -0.05) is 11.6 Å². The van der Waals surface area contributed by atoms with E-state index >= 15 is 0 Å². The summed E-state index contributed by atoms with van der Waals surface area (Å²) >= 11 is 7.66. The molecule has 0 radical (unpaired) electrons. The number of nitrogens with zero attached hydrogens (tertiary/aromatic N) is 1. The van der Waals surface area contributed by atoms with Crippen LogP contribution in [0.3, 0.4) is 0 Å². The zero-order valence-corrected chi connectivity index (χ0v) is 12.9. The molecule has 1 aromatic heterocycles. The Kier molecular flexibility index (Phi) is 4.24. The minimum absolute atomic E-state index is 0.0184. The highest BCUT2D eigenvalue weighted by Gasteiger charge is 2.30. The number of hydrogen-bond acceptors (Lipinski definition) is 4. The Morgan fingerprint density at radius 3 is 3.05 bits per heavy atom. The molecule has 0 spiro atoms. The van der Waals surface area contributed by atoms with E-state index < -0.39 is 0 Å². The quantitative estimate of drug-likeness (QED) is 0.932. The van der Waals surface area contributed by atoms with Gasteiger partial charge in [0.05, 0.1) is 0 Å². The maximum Gasteiger partial charge on any atom is 0.154 e. The van der Waals surface area contributed by atoms with Crippen LogP contribution in [0.25, 0.3) is 0 Å². The zero-order valence-electron chi connectivity index (χ0n) is 11.3.